The summed E-state index contributed by atoms with van der Waals surface area (Å²) in [7, 11) is 3.36. The molecule has 1 aliphatic heterocycles. The standard InChI is InChI=1S/C12H18N4O2/c1-15(2)12(18)10-5-6-11(14-13-10)16-7-3-4-9(16)8-17/h5-6,9,17H,3-4,7-8H2,1-2H3. The van der Waals surface area contributed by atoms with Crippen LogP contribution >= 0.6 is 0 Å². The zero-order chi connectivity index (χ0) is 13.1. The van der Waals surface area contributed by atoms with E-state index in [1.165, 1.54) is 4.90 Å². The molecule has 1 aromatic heterocycles. The van der Waals surface area contributed by atoms with Crippen LogP contribution in [-0.2, 0) is 0 Å². The highest BCUT2D eigenvalue weighted by atomic mass is 16.3. The Morgan fingerprint density at radius 1 is 1.50 bits per heavy atom. The van der Waals surface area contributed by atoms with E-state index < -0.39 is 0 Å². The number of anilines is 1. The second-order valence-corrected chi connectivity index (χ2v) is 4.65. The molecule has 0 radical (unpaired) electrons. The average molecular weight is 250 g/mol. The van der Waals surface area contributed by atoms with Crippen LogP contribution in [-0.4, -0.2) is 59.4 Å². The van der Waals surface area contributed by atoms with E-state index in [0.29, 0.717) is 5.69 Å². The number of nitrogens with zero attached hydrogens (tertiary/aromatic N) is 4. The first-order valence-corrected chi connectivity index (χ1v) is 6.06. The van der Waals surface area contributed by atoms with E-state index >= 15 is 0 Å². The Bertz CT molecular complexity index is 419. The fourth-order valence-corrected chi connectivity index (χ4v) is 2.15. The molecule has 1 unspecified atom stereocenters. The molecule has 6 nitrogen and oxygen atoms in total. The van der Waals surface area contributed by atoms with Crippen LogP contribution in [0.4, 0.5) is 5.82 Å². The predicted octanol–water partition coefficient (Wildman–Crippen LogP) is 0.139. The minimum absolute atomic E-state index is 0.120. The van der Waals surface area contributed by atoms with Crippen molar-refractivity contribution >= 4 is 11.7 Å². The molecule has 0 aromatic carbocycles. The Labute approximate surface area is 106 Å². The van der Waals surface area contributed by atoms with Gasteiger partial charge in [0.2, 0.25) is 0 Å². The Morgan fingerprint density at radius 3 is 2.83 bits per heavy atom. The summed E-state index contributed by atoms with van der Waals surface area (Å²) in [5.74, 6) is 0.566. The van der Waals surface area contributed by atoms with Crippen molar-refractivity contribution in [1.29, 1.82) is 0 Å². The predicted molar refractivity (Wildman–Crippen MR) is 67.5 cm³/mol. The molecule has 1 saturated heterocycles. The molecule has 1 N–H and O–H groups in total. The lowest BCUT2D eigenvalue weighted by Crippen LogP contribution is -2.33. The second kappa shape index (κ2) is 5.30. The number of aliphatic hydroxyl groups excluding tert-OH is 1. The van der Waals surface area contributed by atoms with Gasteiger partial charge in [-0.05, 0) is 25.0 Å². The number of aromatic nitrogens is 2. The van der Waals surface area contributed by atoms with Crippen LogP contribution in [0.5, 0.6) is 0 Å². The average Bonchev–Trinajstić information content (AvgIpc) is 2.86. The molecule has 1 atom stereocenters. The number of carbonyl (C=O) groups excluding carboxylic acids is 1. The first-order chi connectivity index (χ1) is 8.63. The number of hydrogen-bond donors (Lipinski definition) is 1. The molecule has 1 aliphatic rings. The van der Waals surface area contributed by atoms with E-state index in [-0.39, 0.29) is 18.6 Å². The monoisotopic (exact) mass is 250 g/mol. The van der Waals surface area contributed by atoms with Crippen LogP contribution in [0.15, 0.2) is 12.1 Å². The maximum absolute atomic E-state index is 11.7. The normalized spacial score (nSPS) is 19.1. The number of rotatable bonds is 3. The molecule has 1 fully saturated rings. The van der Waals surface area contributed by atoms with Gasteiger partial charge in [0.1, 0.15) is 0 Å². The molecule has 98 valence electrons. The fraction of sp³-hybridized carbons (Fsp3) is 0.583. The third-order valence-corrected chi connectivity index (χ3v) is 3.16. The Morgan fingerprint density at radius 2 is 2.28 bits per heavy atom. The van der Waals surface area contributed by atoms with Gasteiger partial charge in [0.15, 0.2) is 11.5 Å². The SMILES string of the molecule is CN(C)C(=O)c1ccc(N2CCCC2CO)nn1. The largest absolute Gasteiger partial charge is 0.394 e. The van der Waals surface area contributed by atoms with E-state index in [1.54, 1.807) is 26.2 Å². The summed E-state index contributed by atoms with van der Waals surface area (Å²) in [6.07, 6.45) is 2.02. The summed E-state index contributed by atoms with van der Waals surface area (Å²) in [6.45, 7) is 1.00. The van der Waals surface area contributed by atoms with E-state index in [9.17, 15) is 9.90 Å². The maximum Gasteiger partial charge on any atom is 0.273 e. The minimum Gasteiger partial charge on any atom is -0.394 e. The van der Waals surface area contributed by atoms with Gasteiger partial charge in [-0.25, -0.2) is 0 Å². The van der Waals surface area contributed by atoms with Crippen LogP contribution in [0.25, 0.3) is 0 Å². The van der Waals surface area contributed by atoms with Gasteiger partial charge in [-0.1, -0.05) is 0 Å². The van der Waals surface area contributed by atoms with Crippen molar-refractivity contribution < 1.29 is 9.90 Å². The minimum atomic E-state index is -0.158. The topological polar surface area (TPSA) is 69.6 Å². The van der Waals surface area contributed by atoms with Gasteiger partial charge in [0.05, 0.1) is 12.6 Å². The molecule has 2 heterocycles. The summed E-state index contributed by atoms with van der Waals surface area (Å²) >= 11 is 0. The van der Waals surface area contributed by atoms with Gasteiger partial charge in [-0.15, -0.1) is 10.2 Å². The third-order valence-electron chi connectivity index (χ3n) is 3.16. The number of carbonyl (C=O) groups is 1. The van der Waals surface area contributed by atoms with Crippen LogP contribution in [0.3, 0.4) is 0 Å². The van der Waals surface area contributed by atoms with Crippen LogP contribution in [0.2, 0.25) is 0 Å². The molecular formula is C12H18N4O2. The third kappa shape index (κ3) is 2.43. The number of amides is 1. The lowest BCUT2D eigenvalue weighted by Gasteiger charge is -2.23. The molecule has 0 saturated carbocycles. The van der Waals surface area contributed by atoms with E-state index in [2.05, 4.69) is 10.2 Å². The van der Waals surface area contributed by atoms with E-state index in [0.717, 1.165) is 25.2 Å². The Hall–Kier alpha value is -1.69. The number of hydrogen-bond acceptors (Lipinski definition) is 5. The van der Waals surface area contributed by atoms with E-state index in [1.807, 2.05) is 4.90 Å². The second-order valence-electron chi connectivity index (χ2n) is 4.65. The van der Waals surface area contributed by atoms with Crippen molar-refractivity contribution in [2.24, 2.45) is 0 Å². The Balaban J connectivity index is 2.15. The lowest BCUT2D eigenvalue weighted by atomic mass is 10.2. The van der Waals surface area contributed by atoms with Crippen molar-refractivity contribution in [3.63, 3.8) is 0 Å². The molecule has 0 aliphatic carbocycles. The summed E-state index contributed by atoms with van der Waals surface area (Å²) < 4.78 is 0. The van der Waals surface area contributed by atoms with E-state index in [4.69, 9.17) is 0 Å². The lowest BCUT2D eigenvalue weighted by molar-refractivity contribution is 0.0821. The smallest absolute Gasteiger partial charge is 0.273 e. The molecular weight excluding hydrogens is 232 g/mol. The van der Waals surface area contributed by atoms with Crippen LogP contribution < -0.4 is 4.90 Å². The van der Waals surface area contributed by atoms with Gasteiger partial charge in [-0.2, -0.15) is 0 Å². The van der Waals surface area contributed by atoms with Crippen LogP contribution in [0.1, 0.15) is 23.3 Å². The highest BCUT2D eigenvalue weighted by molar-refractivity contribution is 5.91. The molecule has 6 heteroatoms. The van der Waals surface area contributed by atoms with Gasteiger partial charge in [-0.3, -0.25) is 4.79 Å². The Kier molecular flexibility index (Phi) is 3.76. The number of aliphatic hydroxyl groups is 1. The van der Waals surface area contributed by atoms with Crippen molar-refractivity contribution in [3.8, 4) is 0 Å². The first-order valence-electron chi connectivity index (χ1n) is 6.06. The zero-order valence-corrected chi connectivity index (χ0v) is 10.7. The molecule has 1 amide bonds. The summed E-state index contributed by atoms with van der Waals surface area (Å²) in [4.78, 5) is 15.2. The van der Waals surface area contributed by atoms with Crippen LogP contribution in [0, 0.1) is 0 Å². The molecule has 18 heavy (non-hydrogen) atoms. The van der Waals surface area contributed by atoms with Crippen molar-refractivity contribution in [3.05, 3.63) is 17.8 Å². The fourth-order valence-electron chi connectivity index (χ4n) is 2.15. The quantitative estimate of drug-likeness (QED) is 0.826. The van der Waals surface area contributed by atoms with Crippen molar-refractivity contribution in [2.75, 3.05) is 32.1 Å². The van der Waals surface area contributed by atoms with Gasteiger partial charge in [0, 0.05) is 20.6 Å². The highest BCUT2D eigenvalue weighted by Crippen LogP contribution is 2.22. The van der Waals surface area contributed by atoms with Gasteiger partial charge < -0.3 is 14.9 Å². The molecule has 2 rings (SSSR count). The summed E-state index contributed by atoms with van der Waals surface area (Å²) in [5, 5.41) is 17.3. The highest BCUT2D eigenvalue weighted by Gasteiger charge is 2.25. The summed E-state index contributed by atoms with van der Waals surface area (Å²) in [6, 6.07) is 3.59. The van der Waals surface area contributed by atoms with Gasteiger partial charge >= 0.3 is 0 Å². The van der Waals surface area contributed by atoms with Crippen molar-refractivity contribution in [2.45, 2.75) is 18.9 Å². The summed E-state index contributed by atoms with van der Waals surface area (Å²) in [5.41, 5.74) is 0.337. The molecule has 0 spiro atoms. The maximum atomic E-state index is 11.7. The first kappa shape index (κ1) is 12.8. The zero-order valence-electron chi connectivity index (χ0n) is 10.7. The molecule has 0 bridgehead atoms. The van der Waals surface area contributed by atoms with Gasteiger partial charge in [0.25, 0.3) is 5.91 Å². The molecule has 1 aromatic rings. The van der Waals surface area contributed by atoms with Crippen molar-refractivity contribution in [1.82, 2.24) is 15.1 Å².